The molecule has 0 aromatic carbocycles. The number of amides is 1. The van der Waals surface area contributed by atoms with Gasteiger partial charge >= 0.3 is 6.18 Å². The summed E-state index contributed by atoms with van der Waals surface area (Å²) in [5.74, 6) is -1.55. The summed E-state index contributed by atoms with van der Waals surface area (Å²) in [7, 11) is 0. The van der Waals surface area contributed by atoms with Crippen molar-refractivity contribution in [3.63, 3.8) is 0 Å². The summed E-state index contributed by atoms with van der Waals surface area (Å²) in [4.78, 5) is 30.6. The van der Waals surface area contributed by atoms with Crippen LogP contribution >= 0.6 is 0 Å². The third-order valence-corrected chi connectivity index (χ3v) is 5.86. The van der Waals surface area contributed by atoms with E-state index in [1.54, 1.807) is 6.20 Å². The molecule has 2 aromatic rings. The number of nitrogens with zero attached hydrogens (tertiary/aromatic N) is 5. The molecular formula is C19H20F3N7O. The zero-order valence-electron chi connectivity index (χ0n) is 16.0. The number of anilines is 2. The second-order valence-electron chi connectivity index (χ2n) is 7.94. The van der Waals surface area contributed by atoms with E-state index in [9.17, 15) is 18.0 Å². The molecule has 11 heteroatoms. The predicted octanol–water partition coefficient (Wildman–Crippen LogP) is 2.11. The molecule has 0 spiro atoms. The Morgan fingerprint density at radius 3 is 2.77 bits per heavy atom. The summed E-state index contributed by atoms with van der Waals surface area (Å²) in [5, 5.41) is 5.94. The molecule has 2 atom stereocenters. The quantitative estimate of drug-likeness (QED) is 0.787. The van der Waals surface area contributed by atoms with Crippen LogP contribution in [0, 0.1) is 5.92 Å². The lowest BCUT2D eigenvalue weighted by molar-refractivity contribution is -0.156. The Morgan fingerprint density at radius 1 is 1.17 bits per heavy atom. The minimum atomic E-state index is -4.60. The molecule has 8 nitrogen and oxygen atoms in total. The molecule has 2 fully saturated rings. The van der Waals surface area contributed by atoms with Gasteiger partial charge in [0.25, 0.3) is 0 Å². The highest BCUT2D eigenvalue weighted by Crippen LogP contribution is 2.45. The zero-order chi connectivity index (χ0) is 20.9. The summed E-state index contributed by atoms with van der Waals surface area (Å²) >= 11 is 0. The molecule has 3 aliphatic rings. The molecule has 2 N–H and O–H groups in total. The number of hydrogen-bond donors (Lipinski definition) is 2. The zero-order valence-corrected chi connectivity index (χ0v) is 16.0. The first kappa shape index (κ1) is 19.2. The standard InChI is InChI=1S/C19H20F3N7O/c20-19(21,22)11-5-15(30)28-18-16(11)17(25-9-26-18)12-6-23-7-14(27-12)29-4-3-24-13(8-29)10-1-2-10/h6-7,9-11,13,24H,1-5,8H2,(H,25,26,28,30)/t11-,13+/m0/s1. The van der Waals surface area contributed by atoms with E-state index in [-0.39, 0.29) is 22.8 Å². The Labute approximate surface area is 170 Å². The molecule has 158 valence electrons. The second-order valence-corrected chi connectivity index (χ2v) is 7.94. The van der Waals surface area contributed by atoms with E-state index in [0.717, 1.165) is 26.0 Å². The number of alkyl halides is 3. The van der Waals surface area contributed by atoms with E-state index in [2.05, 4.69) is 35.5 Å². The van der Waals surface area contributed by atoms with E-state index in [1.807, 2.05) is 0 Å². The van der Waals surface area contributed by atoms with Crippen LogP contribution in [0.15, 0.2) is 18.7 Å². The van der Waals surface area contributed by atoms with Crippen LogP contribution in [0.2, 0.25) is 0 Å². The number of piperazine rings is 1. The summed E-state index contributed by atoms with van der Waals surface area (Å²) in [6, 6.07) is 0.390. The SMILES string of the molecule is O=C1C[C@H](C(F)(F)F)c2c(ncnc2-c2cncc(N3CCN[C@@H](C4CC4)C3)n2)N1. The molecule has 1 saturated heterocycles. The van der Waals surface area contributed by atoms with Crippen LogP contribution in [0.4, 0.5) is 24.8 Å². The van der Waals surface area contributed by atoms with Crippen molar-refractivity contribution in [2.24, 2.45) is 5.92 Å². The fraction of sp³-hybridized carbons (Fsp3) is 0.526. The van der Waals surface area contributed by atoms with Crippen molar-refractivity contribution in [2.45, 2.75) is 37.4 Å². The predicted molar refractivity (Wildman–Crippen MR) is 102 cm³/mol. The van der Waals surface area contributed by atoms with Crippen LogP contribution < -0.4 is 15.5 Å². The lowest BCUT2D eigenvalue weighted by Crippen LogP contribution is -2.52. The average molecular weight is 419 g/mol. The Hall–Kier alpha value is -2.82. The minimum Gasteiger partial charge on any atom is -0.352 e. The van der Waals surface area contributed by atoms with Crippen molar-refractivity contribution in [1.82, 2.24) is 25.3 Å². The largest absolute Gasteiger partial charge is 0.396 e. The highest BCUT2D eigenvalue weighted by atomic mass is 19.4. The molecular weight excluding hydrogens is 399 g/mol. The Kier molecular flexibility index (Phi) is 4.57. The molecule has 0 bridgehead atoms. The number of rotatable bonds is 3. The van der Waals surface area contributed by atoms with Gasteiger partial charge in [0.15, 0.2) is 0 Å². The molecule has 4 heterocycles. The average Bonchev–Trinajstić information content (AvgIpc) is 3.57. The van der Waals surface area contributed by atoms with Crippen molar-refractivity contribution in [2.75, 3.05) is 29.9 Å². The van der Waals surface area contributed by atoms with Crippen molar-refractivity contribution in [1.29, 1.82) is 0 Å². The van der Waals surface area contributed by atoms with Crippen LogP contribution in [0.1, 0.15) is 30.7 Å². The highest BCUT2D eigenvalue weighted by molar-refractivity contribution is 5.95. The maximum absolute atomic E-state index is 13.7. The molecule has 2 aliphatic heterocycles. The molecule has 5 rings (SSSR count). The maximum Gasteiger partial charge on any atom is 0.396 e. The van der Waals surface area contributed by atoms with E-state index in [0.29, 0.717) is 17.8 Å². The number of halogens is 3. The van der Waals surface area contributed by atoms with Crippen LogP contribution in [0.5, 0.6) is 0 Å². The first-order valence-corrected chi connectivity index (χ1v) is 9.92. The van der Waals surface area contributed by atoms with Crippen molar-refractivity contribution < 1.29 is 18.0 Å². The van der Waals surface area contributed by atoms with E-state index >= 15 is 0 Å². The van der Waals surface area contributed by atoms with Gasteiger partial charge in [0.05, 0.1) is 24.0 Å². The Bertz CT molecular complexity index is 979. The maximum atomic E-state index is 13.7. The van der Waals surface area contributed by atoms with Crippen molar-refractivity contribution >= 4 is 17.5 Å². The van der Waals surface area contributed by atoms with Gasteiger partial charge in [-0.05, 0) is 18.8 Å². The number of aromatic nitrogens is 4. The number of carbonyl (C=O) groups is 1. The van der Waals surface area contributed by atoms with Crippen molar-refractivity contribution in [3.05, 3.63) is 24.3 Å². The fourth-order valence-corrected chi connectivity index (χ4v) is 4.20. The molecule has 1 saturated carbocycles. The first-order chi connectivity index (χ1) is 14.4. The lowest BCUT2D eigenvalue weighted by atomic mass is 9.90. The topological polar surface area (TPSA) is 95.9 Å². The van der Waals surface area contributed by atoms with Crippen LogP contribution in [-0.2, 0) is 4.79 Å². The van der Waals surface area contributed by atoms with E-state index in [4.69, 9.17) is 0 Å². The van der Waals surface area contributed by atoms with Gasteiger partial charge in [-0.3, -0.25) is 9.78 Å². The normalized spacial score (nSPS) is 24.4. The Morgan fingerprint density at radius 2 is 2.00 bits per heavy atom. The van der Waals surface area contributed by atoms with Gasteiger partial charge in [-0.15, -0.1) is 0 Å². The smallest absolute Gasteiger partial charge is 0.352 e. The molecule has 0 unspecified atom stereocenters. The van der Waals surface area contributed by atoms with Gasteiger partial charge < -0.3 is 15.5 Å². The van der Waals surface area contributed by atoms with Gasteiger partial charge in [-0.2, -0.15) is 13.2 Å². The summed E-state index contributed by atoms with van der Waals surface area (Å²) in [6.07, 6.45) is 1.28. The fourth-order valence-electron chi connectivity index (χ4n) is 4.20. The van der Waals surface area contributed by atoms with Crippen LogP contribution in [0.3, 0.4) is 0 Å². The first-order valence-electron chi connectivity index (χ1n) is 9.92. The number of fused-ring (bicyclic) bond motifs is 1. The summed E-state index contributed by atoms with van der Waals surface area (Å²) in [6.45, 7) is 2.34. The third kappa shape index (κ3) is 3.57. The number of nitrogens with one attached hydrogen (secondary N) is 2. The minimum absolute atomic E-state index is 0.0468. The molecule has 1 amide bonds. The monoisotopic (exact) mass is 419 g/mol. The number of carbonyl (C=O) groups excluding carboxylic acids is 1. The van der Waals surface area contributed by atoms with Gasteiger partial charge in [0.1, 0.15) is 23.7 Å². The highest BCUT2D eigenvalue weighted by Gasteiger charge is 2.47. The second kappa shape index (κ2) is 7.15. The van der Waals surface area contributed by atoms with Crippen LogP contribution in [-0.4, -0.2) is 57.7 Å². The number of hydrogen-bond acceptors (Lipinski definition) is 7. The van der Waals surface area contributed by atoms with Gasteiger partial charge in [0, 0.05) is 37.7 Å². The Balaban J connectivity index is 1.52. The van der Waals surface area contributed by atoms with Gasteiger partial charge in [0.2, 0.25) is 5.91 Å². The van der Waals surface area contributed by atoms with E-state index in [1.165, 1.54) is 19.0 Å². The van der Waals surface area contributed by atoms with Crippen molar-refractivity contribution in [3.8, 4) is 11.4 Å². The molecule has 0 radical (unpaired) electrons. The van der Waals surface area contributed by atoms with E-state index < -0.39 is 24.4 Å². The molecule has 1 aliphatic carbocycles. The van der Waals surface area contributed by atoms with Crippen LogP contribution in [0.25, 0.3) is 11.4 Å². The third-order valence-electron chi connectivity index (χ3n) is 5.86. The summed E-state index contributed by atoms with van der Waals surface area (Å²) < 4.78 is 41.1. The molecule has 2 aromatic heterocycles. The lowest BCUT2D eigenvalue weighted by Gasteiger charge is -2.34. The van der Waals surface area contributed by atoms with Gasteiger partial charge in [-0.25, -0.2) is 15.0 Å². The van der Waals surface area contributed by atoms with Gasteiger partial charge in [-0.1, -0.05) is 0 Å². The summed E-state index contributed by atoms with van der Waals surface area (Å²) in [5.41, 5.74) is 0.121. The molecule has 30 heavy (non-hydrogen) atoms.